The van der Waals surface area contributed by atoms with Crippen LogP contribution in [0.25, 0.3) is 0 Å². The molecular formula is C49H72O9. The summed E-state index contributed by atoms with van der Waals surface area (Å²) in [6.07, 6.45) is 25.2. The fourth-order valence-corrected chi connectivity index (χ4v) is 8.44. The highest BCUT2D eigenvalue weighted by Crippen LogP contribution is 2.42. The quantitative estimate of drug-likeness (QED) is 0.0494. The summed E-state index contributed by atoms with van der Waals surface area (Å²) in [4.78, 5) is 49.4. The zero-order valence-corrected chi connectivity index (χ0v) is 35.7. The number of unbranched alkanes of at least 4 members (excludes halogenated alkanes) is 10. The normalized spacial score (nSPS) is 19.2. The summed E-state index contributed by atoms with van der Waals surface area (Å²) < 4.78 is 27.6. The van der Waals surface area contributed by atoms with Gasteiger partial charge in [0.05, 0.1) is 44.1 Å². The Labute approximate surface area is 348 Å². The molecule has 0 N–H and O–H groups in total. The number of benzene rings is 2. The zero-order valence-electron chi connectivity index (χ0n) is 35.7. The number of ether oxygens (including phenoxy) is 5. The maximum Gasteiger partial charge on any atom is 0.343 e. The van der Waals surface area contributed by atoms with Crippen LogP contribution < -0.4 is 14.2 Å². The van der Waals surface area contributed by atoms with Crippen molar-refractivity contribution in [1.82, 2.24) is 0 Å². The van der Waals surface area contributed by atoms with Crippen molar-refractivity contribution in [1.29, 1.82) is 0 Å². The highest BCUT2D eigenvalue weighted by molar-refractivity contribution is 5.91. The second-order valence-corrected chi connectivity index (χ2v) is 16.7. The van der Waals surface area contributed by atoms with Crippen LogP contribution >= 0.6 is 0 Å². The second kappa shape index (κ2) is 27.7. The molecule has 0 bridgehead atoms. The minimum absolute atomic E-state index is 0.0465. The Kier molecular flexibility index (Phi) is 22.4. The fraction of sp³-hybridized carbons (Fsp3) is 0.673. The minimum Gasteiger partial charge on any atom is -0.494 e. The Morgan fingerprint density at radius 1 is 0.500 bits per heavy atom. The van der Waals surface area contributed by atoms with E-state index in [0.717, 1.165) is 108 Å². The van der Waals surface area contributed by atoms with Gasteiger partial charge in [-0.25, -0.2) is 4.79 Å². The predicted octanol–water partition coefficient (Wildman–Crippen LogP) is 12.2. The third-order valence-electron chi connectivity index (χ3n) is 12.1. The van der Waals surface area contributed by atoms with Crippen LogP contribution in [-0.2, 0) is 23.9 Å². The monoisotopic (exact) mass is 805 g/mol. The van der Waals surface area contributed by atoms with E-state index in [1.807, 2.05) is 0 Å². The number of carbonyl (C=O) groups excluding carboxylic acids is 4. The first-order valence-corrected chi connectivity index (χ1v) is 22.9. The number of rotatable bonds is 27. The summed E-state index contributed by atoms with van der Waals surface area (Å²) in [5.74, 6) is 2.71. The van der Waals surface area contributed by atoms with E-state index in [4.69, 9.17) is 23.7 Å². The Hall–Kier alpha value is -3.88. The molecule has 2 aromatic rings. The first-order chi connectivity index (χ1) is 28.3. The lowest BCUT2D eigenvalue weighted by Crippen LogP contribution is -2.30. The minimum atomic E-state index is -0.471. The lowest BCUT2D eigenvalue weighted by Gasteiger charge is -2.37. The average Bonchev–Trinajstić information content (AvgIpc) is 3.24. The Bertz CT molecular complexity index is 1450. The van der Waals surface area contributed by atoms with Crippen molar-refractivity contribution in [2.45, 2.75) is 168 Å². The highest BCUT2D eigenvalue weighted by Gasteiger charge is 2.33. The molecule has 0 radical (unpaired) electrons. The lowest BCUT2D eigenvalue weighted by atomic mass is 9.68. The van der Waals surface area contributed by atoms with E-state index in [1.165, 1.54) is 51.4 Å². The third kappa shape index (κ3) is 18.4. The number of hydrogen-bond acceptors (Lipinski definition) is 9. The smallest absolute Gasteiger partial charge is 0.343 e. The third-order valence-corrected chi connectivity index (χ3v) is 12.1. The summed E-state index contributed by atoms with van der Waals surface area (Å²) in [6.45, 7) is 5.80. The topological polar surface area (TPSA) is 114 Å². The van der Waals surface area contributed by atoms with Crippen LogP contribution in [0.5, 0.6) is 17.2 Å². The lowest BCUT2D eigenvalue weighted by molar-refractivity contribution is -0.150. The molecule has 0 saturated heterocycles. The average molecular weight is 805 g/mol. The van der Waals surface area contributed by atoms with Crippen LogP contribution in [-0.4, -0.2) is 43.7 Å². The van der Waals surface area contributed by atoms with Gasteiger partial charge in [0, 0.05) is 0 Å². The molecule has 0 heterocycles. The van der Waals surface area contributed by atoms with Crippen LogP contribution in [0.1, 0.15) is 178 Å². The molecule has 2 aliphatic rings. The van der Waals surface area contributed by atoms with Gasteiger partial charge in [0.15, 0.2) is 0 Å². The van der Waals surface area contributed by atoms with Crippen molar-refractivity contribution in [2.24, 2.45) is 23.7 Å². The highest BCUT2D eigenvalue weighted by atomic mass is 16.5. The standard InChI is InChI=1S/C49H72O9/c1-3-5-7-13-36-55-46(50)33-34-47(51)56-37-15-11-9-8-10-14-35-54-43-27-25-42(26-28-43)49(53)58-45-31-29-44(30-32-45)57-48(52)41-23-21-40(22-24-41)39-19-17-38(18-20-39)16-12-6-4-2/h25-32,38-41H,3-24,33-37H2,1-2H3. The molecule has 2 aliphatic carbocycles. The number of hydrogen-bond donors (Lipinski definition) is 0. The van der Waals surface area contributed by atoms with Crippen LogP contribution in [0.3, 0.4) is 0 Å². The van der Waals surface area contributed by atoms with Crippen molar-refractivity contribution in [2.75, 3.05) is 19.8 Å². The molecule has 322 valence electrons. The van der Waals surface area contributed by atoms with Gasteiger partial charge >= 0.3 is 23.9 Å². The molecule has 0 aliphatic heterocycles. The number of esters is 4. The van der Waals surface area contributed by atoms with Gasteiger partial charge in [-0.05, 0) is 124 Å². The molecule has 0 spiro atoms. The molecule has 9 nitrogen and oxygen atoms in total. The zero-order chi connectivity index (χ0) is 41.2. The SMILES string of the molecule is CCCCCCOC(=O)CCC(=O)OCCCCCCCCOc1ccc(C(=O)Oc2ccc(OC(=O)C3CCC(C4CCC(CCCCC)CC4)CC3)cc2)cc1. The molecule has 2 fully saturated rings. The van der Waals surface area contributed by atoms with E-state index in [1.54, 1.807) is 48.5 Å². The molecule has 2 aromatic carbocycles. The van der Waals surface area contributed by atoms with Crippen molar-refractivity contribution in [3.05, 3.63) is 54.1 Å². The van der Waals surface area contributed by atoms with E-state index in [9.17, 15) is 19.2 Å². The fourth-order valence-electron chi connectivity index (χ4n) is 8.44. The Balaban J connectivity index is 0.998. The molecule has 9 heteroatoms. The number of carbonyl (C=O) groups is 4. The van der Waals surface area contributed by atoms with Gasteiger partial charge in [-0.3, -0.25) is 14.4 Å². The molecule has 0 atom stereocenters. The van der Waals surface area contributed by atoms with Gasteiger partial charge in [0.1, 0.15) is 17.2 Å². The van der Waals surface area contributed by atoms with Crippen LogP contribution in [0.4, 0.5) is 0 Å². The van der Waals surface area contributed by atoms with Gasteiger partial charge in [0.25, 0.3) is 0 Å². The van der Waals surface area contributed by atoms with E-state index in [0.29, 0.717) is 42.6 Å². The Morgan fingerprint density at radius 2 is 0.966 bits per heavy atom. The summed E-state index contributed by atoms with van der Waals surface area (Å²) in [7, 11) is 0. The van der Waals surface area contributed by atoms with Gasteiger partial charge in [0.2, 0.25) is 0 Å². The maximum atomic E-state index is 13.0. The molecule has 0 aromatic heterocycles. The van der Waals surface area contributed by atoms with Gasteiger partial charge in [-0.1, -0.05) is 97.3 Å². The molecule has 2 saturated carbocycles. The molecule has 58 heavy (non-hydrogen) atoms. The van der Waals surface area contributed by atoms with Crippen molar-refractivity contribution < 1.29 is 42.9 Å². The summed E-state index contributed by atoms with van der Waals surface area (Å²) in [5, 5.41) is 0. The van der Waals surface area contributed by atoms with Crippen LogP contribution in [0, 0.1) is 23.7 Å². The van der Waals surface area contributed by atoms with Crippen LogP contribution in [0.15, 0.2) is 48.5 Å². The van der Waals surface area contributed by atoms with Gasteiger partial charge in [-0.2, -0.15) is 0 Å². The second-order valence-electron chi connectivity index (χ2n) is 16.7. The van der Waals surface area contributed by atoms with E-state index < -0.39 is 5.97 Å². The van der Waals surface area contributed by atoms with E-state index >= 15 is 0 Å². The predicted molar refractivity (Wildman–Crippen MR) is 227 cm³/mol. The first kappa shape index (κ1) is 46.8. The summed E-state index contributed by atoms with van der Waals surface area (Å²) in [5.41, 5.74) is 0.417. The van der Waals surface area contributed by atoms with E-state index in [-0.39, 0.29) is 36.7 Å². The maximum absolute atomic E-state index is 13.0. The first-order valence-electron chi connectivity index (χ1n) is 22.9. The molecule has 0 unspecified atom stereocenters. The molecule has 4 rings (SSSR count). The summed E-state index contributed by atoms with van der Waals surface area (Å²) >= 11 is 0. The molecule has 0 amide bonds. The molecular weight excluding hydrogens is 733 g/mol. The van der Waals surface area contributed by atoms with E-state index in [2.05, 4.69) is 13.8 Å². The van der Waals surface area contributed by atoms with Crippen LogP contribution in [0.2, 0.25) is 0 Å². The summed E-state index contributed by atoms with van der Waals surface area (Å²) in [6, 6.07) is 13.6. The van der Waals surface area contributed by atoms with Crippen molar-refractivity contribution >= 4 is 23.9 Å². The van der Waals surface area contributed by atoms with Crippen molar-refractivity contribution in [3.8, 4) is 17.2 Å². The largest absolute Gasteiger partial charge is 0.494 e. The van der Waals surface area contributed by atoms with Crippen molar-refractivity contribution in [3.63, 3.8) is 0 Å². The van der Waals surface area contributed by atoms with Gasteiger partial charge in [-0.15, -0.1) is 0 Å². The Morgan fingerprint density at radius 3 is 1.53 bits per heavy atom. The van der Waals surface area contributed by atoms with Gasteiger partial charge < -0.3 is 23.7 Å².